The van der Waals surface area contributed by atoms with Crippen LogP contribution in [0.1, 0.15) is 44.4 Å². The fraction of sp³-hybridized carbons (Fsp3) is 0.692. The number of nitrogens with one attached hydrogen (secondary N) is 1. The molecule has 0 aromatic carbocycles. The first-order valence-electron chi connectivity index (χ1n) is 6.11. The van der Waals surface area contributed by atoms with E-state index >= 15 is 0 Å². The van der Waals surface area contributed by atoms with Gasteiger partial charge in [0.05, 0.1) is 12.3 Å². The van der Waals surface area contributed by atoms with Crippen molar-refractivity contribution in [3.63, 3.8) is 0 Å². The molecule has 2 nitrogen and oxygen atoms in total. The number of hydrogen-bond acceptors (Lipinski definition) is 3. The van der Waals surface area contributed by atoms with Crippen LogP contribution >= 0.6 is 11.8 Å². The van der Waals surface area contributed by atoms with Crippen LogP contribution in [0.5, 0.6) is 0 Å². The van der Waals surface area contributed by atoms with Gasteiger partial charge in [-0.1, -0.05) is 13.3 Å². The maximum atomic E-state index is 5.47. The molecule has 1 saturated carbocycles. The van der Waals surface area contributed by atoms with Crippen LogP contribution in [0, 0.1) is 0 Å². The van der Waals surface area contributed by atoms with E-state index in [4.69, 9.17) is 4.42 Å². The summed E-state index contributed by atoms with van der Waals surface area (Å²) in [5.74, 6) is 1.07. The lowest BCUT2D eigenvalue weighted by Crippen LogP contribution is -2.44. The zero-order chi connectivity index (χ0) is 11.4. The summed E-state index contributed by atoms with van der Waals surface area (Å²) >= 11 is 2.02. The molecule has 0 saturated heterocycles. The van der Waals surface area contributed by atoms with Gasteiger partial charge in [-0.15, -0.1) is 0 Å². The summed E-state index contributed by atoms with van der Waals surface area (Å²) in [5.41, 5.74) is 0. The quantitative estimate of drug-likeness (QED) is 0.821. The van der Waals surface area contributed by atoms with Crippen LogP contribution < -0.4 is 5.32 Å². The van der Waals surface area contributed by atoms with Crippen LogP contribution in [0.2, 0.25) is 0 Å². The van der Waals surface area contributed by atoms with Gasteiger partial charge in [-0.2, -0.15) is 11.8 Å². The normalized spacial score (nSPS) is 20.4. The van der Waals surface area contributed by atoms with Crippen molar-refractivity contribution in [3.05, 3.63) is 24.2 Å². The van der Waals surface area contributed by atoms with Gasteiger partial charge < -0.3 is 9.73 Å². The van der Waals surface area contributed by atoms with E-state index in [0.29, 0.717) is 10.8 Å². The third-order valence-corrected chi connectivity index (χ3v) is 5.08. The molecule has 1 N–H and O–H groups in total. The van der Waals surface area contributed by atoms with Gasteiger partial charge in [0, 0.05) is 11.3 Å². The molecule has 1 aliphatic carbocycles. The summed E-state index contributed by atoms with van der Waals surface area (Å²) in [4.78, 5) is 0. The Bertz CT molecular complexity index is 300. The Kier molecular flexibility index (Phi) is 3.98. The van der Waals surface area contributed by atoms with Gasteiger partial charge in [0.2, 0.25) is 0 Å². The van der Waals surface area contributed by atoms with Gasteiger partial charge in [-0.25, -0.2) is 0 Å². The lowest BCUT2D eigenvalue weighted by molar-refractivity contribution is 0.313. The SMILES string of the molecule is CCC(NCC1(SC)CCC1)c1ccco1. The minimum absolute atomic E-state index is 0.375. The van der Waals surface area contributed by atoms with Gasteiger partial charge in [0.25, 0.3) is 0 Å². The predicted octanol–water partition coefficient (Wildman–Crippen LogP) is 3.61. The van der Waals surface area contributed by atoms with Gasteiger partial charge in [-0.05, 0) is 37.7 Å². The number of rotatable bonds is 6. The minimum Gasteiger partial charge on any atom is -0.468 e. The molecule has 1 aromatic heterocycles. The van der Waals surface area contributed by atoms with E-state index < -0.39 is 0 Å². The van der Waals surface area contributed by atoms with Crippen molar-refractivity contribution >= 4 is 11.8 Å². The van der Waals surface area contributed by atoms with Gasteiger partial charge in [0.15, 0.2) is 0 Å². The van der Waals surface area contributed by atoms with Crippen molar-refractivity contribution in [1.82, 2.24) is 5.32 Å². The summed E-state index contributed by atoms with van der Waals surface area (Å²) in [5, 5.41) is 3.65. The van der Waals surface area contributed by atoms with Crippen LogP contribution in [0.4, 0.5) is 0 Å². The van der Waals surface area contributed by atoms with Crippen LogP contribution in [0.25, 0.3) is 0 Å². The highest BCUT2D eigenvalue weighted by molar-refractivity contribution is 8.00. The predicted molar refractivity (Wildman–Crippen MR) is 69.8 cm³/mol. The monoisotopic (exact) mass is 239 g/mol. The van der Waals surface area contributed by atoms with E-state index in [1.807, 2.05) is 17.8 Å². The second kappa shape index (κ2) is 5.28. The minimum atomic E-state index is 0.375. The van der Waals surface area contributed by atoms with E-state index in [-0.39, 0.29) is 0 Å². The molecule has 3 heteroatoms. The van der Waals surface area contributed by atoms with Crippen LogP contribution in [-0.4, -0.2) is 17.5 Å². The molecule has 0 spiro atoms. The lowest BCUT2D eigenvalue weighted by Gasteiger charge is -2.41. The number of hydrogen-bond donors (Lipinski definition) is 1. The van der Waals surface area contributed by atoms with Crippen LogP contribution in [0.15, 0.2) is 22.8 Å². The van der Waals surface area contributed by atoms with Crippen molar-refractivity contribution in [2.24, 2.45) is 0 Å². The van der Waals surface area contributed by atoms with Gasteiger partial charge in [0.1, 0.15) is 5.76 Å². The maximum absolute atomic E-state index is 5.47. The van der Waals surface area contributed by atoms with E-state index in [0.717, 1.165) is 18.7 Å². The first-order chi connectivity index (χ1) is 7.79. The average Bonchev–Trinajstić information content (AvgIpc) is 2.76. The van der Waals surface area contributed by atoms with E-state index in [1.165, 1.54) is 19.3 Å². The van der Waals surface area contributed by atoms with Gasteiger partial charge >= 0.3 is 0 Å². The standard InChI is InChI=1S/C13H21NOS/c1-3-11(12-6-4-9-15-12)14-10-13(16-2)7-5-8-13/h4,6,9,11,14H,3,5,7-8,10H2,1-2H3. The van der Waals surface area contributed by atoms with Crippen molar-refractivity contribution in [2.45, 2.75) is 43.4 Å². The Morgan fingerprint density at radius 1 is 1.56 bits per heavy atom. The number of thioether (sulfide) groups is 1. The topological polar surface area (TPSA) is 25.2 Å². The Labute approximate surface area is 102 Å². The van der Waals surface area contributed by atoms with E-state index in [1.54, 1.807) is 6.26 Å². The molecule has 16 heavy (non-hydrogen) atoms. The second-order valence-electron chi connectivity index (χ2n) is 4.60. The molecular formula is C13H21NOS. The smallest absolute Gasteiger partial charge is 0.120 e. The van der Waals surface area contributed by atoms with Crippen molar-refractivity contribution in [3.8, 4) is 0 Å². The molecule has 0 radical (unpaired) electrons. The molecule has 1 unspecified atom stereocenters. The highest BCUT2D eigenvalue weighted by Crippen LogP contribution is 2.42. The van der Waals surface area contributed by atoms with Crippen molar-refractivity contribution in [2.75, 3.05) is 12.8 Å². The molecule has 0 aliphatic heterocycles. The fourth-order valence-electron chi connectivity index (χ4n) is 2.27. The third-order valence-electron chi connectivity index (χ3n) is 3.66. The van der Waals surface area contributed by atoms with Gasteiger partial charge in [-0.3, -0.25) is 0 Å². The lowest BCUT2D eigenvalue weighted by atomic mass is 9.84. The molecule has 90 valence electrons. The van der Waals surface area contributed by atoms with E-state index in [9.17, 15) is 0 Å². The van der Waals surface area contributed by atoms with Crippen molar-refractivity contribution < 1.29 is 4.42 Å². The maximum Gasteiger partial charge on any atom is 0.120 e. The molecule has 1 heterocycles. The molecular weight excluding hydrogens is 218 g/mol. The summed E-state index contributed by atoms with van der Waals surface area (Å²) in [6.07, 6.45) is 9.17. The van der Waals surface area contributed by atoms with Crippen molar-refractivity contribution in [1.29, 1.82) is 0 Å². The summed E-state index contributed by atoms with van der Waals surface area (Å²) in [6, 6.07) is 4.40. The fourth-order valence-corrected chi connectivity index (χ4v) is 3.19. The second-order valence-corrected chi connectivity index (χ2v) is 5.87. The van der Waals surface area contributed by atoms with E-state index in [2.05, 4.69) is 24.6 Å². The molecule has 1 atom stereocenters. The molecule has 1 fully saturated rings. The first-order valence-corrected chi connectivity index (χ1v) is 7.34. The first kappa shape index (κ1) is 12.1. The molecule has 1 aliphatic rings. The molecule has 2 rings (SSSR count). The average molecular weight is 239 g/mol. The third kappa shape index (κ3) is 2.46. The van der Waals surface area contributed by atoms with Crippen LogP contribution in [0.3, 0.4) is 0 Å². The summed E-state index contributed by atoms with van der Waals surface area (Å²) in [6.45, 7) is 3.31. The highest BCUT2D eigenvalue weighted by Gasteiger charge is 2.36. The molecule has 0 amide bonds. The Morgan fingerprint density at radius 2 is 2.38 bits per heavy atom. The van der Waals surface area contributed by atoms with Crippen LogP contribution in [-0.2, 0) is 0 Å². The Morgan fingerprint density at radius 3 is 2.81 bits per heavy atom. The molecule has 1 aromatic rings. The highest BCUT2D eigenvalue weighted by atomic mass is 32.2. The summed E-state index contributed by atoms with van der Waals surface area (Å²) in [7, 11) is 0. The largest absolute Gasteiger partial charge is 0.468 e. The summed E-state index contributed by atoms with van der Waals surface area (Å²) < 4.78 is 5.97. The molecule has 0 bridgehead atoms. The Hall–Kier alpha value is -0.410. The number of furan rings is 1. The Balaban J connectivity index is 1.88. The zero-order valence-corrected chi connectivity index (χ0v) is 11.0. The zero-order valence-electron chi connectivity index (χ0n) is 10.2.